The van der Waals surface area contributed by atoms with Crippen molar-refractivity contribution in [3.05, 3.63) is 82.5 Å². The van der Waals surface area contributed by atoms with Crippen LogP contribution < -0.4 is 0 Å². The zero-order valence-corrected chi connectivity index (χ0v) is 14.3. The number of fused-ring (bicyclic) bond motifs is 2. The number of aromatic carboxylic acids is 1. The van der Waals surface area contributed by atoms with Crippen LogP contribution in [0.5, 0.6) is 0 Å². The van der Waals surface area contributed by atoms with E-state index in [9.17, 15) is 9.90 Å². The smallest absolute Gasteiger partial charge is 0.352 e. The van der Waals surface area contributed by atoms with Gasteiger partial charge < -0.3 is 9.67 Å². The van der Waals surface area contributed by atoms with Crippen molar-refractivity contribution in [2.45, 2.75) is 6.54 Å². The van der Waals surface area contributed by atoms with E-state index in [-0.39, 0.29) is 0 Å². The first-order chi connectivity index (χ1) is 11.6. The highest BCUT2D eigenvalue weighted by Crippen LogP contribution is 2.29. The zero-order chi connectivity index (χ0) is 16.7. The molecule has 4 aromatic rings. The molecule has 0 aliphatic rings. The molecule has 3 aromatic carbocycles. The van der Waals surface area contributed by atoms with Gasteiger partial charge in [-0.25, -0.2) is 4.79 Å². The van der Waals surface area contributed by atoms with Gasteiger partial charge in [-0.3, -0.25) is 0 Å². The van der Waals surface area contributed by atoms with Crippen molar-refractivity contribution < 1.29 is 9.90 Å². The summed E-state index contributed by atoms with van der Waals surface area (Å²) >= 11 is 3.59. The number of benzene rings is 3. The summed E-state index contributed by atoms with van der Waals surface area (Å²) in [5, 5.41) is 12.8. The van der Waals surface area contributed by atoms with Gasteiger partial charge in [0, 0.05) is 21.9 Å². The normalized spacial score (nSPS) is 11.2. The minimum atomic E-state index is -0.910. The summed E-state index contributed by atoms with van der Waals surface area (Å²) in [4.78, 5) is 11.7. The first-order valence-corrected chi connectivity index (χ1v) is 8.42. The second kappa shape index (κ2) is 5.80. The first-order valence-electron chi connectivity index (χ1n) is 7.63. The van der Waals surface area contributed by atoms with Crippen LogP contribution in [0.25, 0.3) is 21.7 Å². The minimum Gasteiger partial charge on any atom is -0.477 e. The third-order valence-corrected chi connectivity index (χ3v) is 5.01. The van der Waals surface area contributed by atoms with Crippen LogP contribution in [0.1, 0.15) is 16.1 Å². The summed E-state index contributed by atoms with van der Waals surface area (Å²) in [6, 6.07) is 21.7. The Morgan fingerprint density at radius 2 is 1.67 bits per heavy atom. The van der Waals surface area contributed by atoms with Crippen molar-refractivity contribution in [1.29, 1.82) is 0 Å². The molecule has 1 N–H and O–H groups in total. The molecule has 0 fully saturated rings. The van der Waals surface area contributed by atoms with Gasteiger partial charge in [0.05, 0.1) is 0 Å². The lowest BCUT2D eigenvalue weighted by atomic mass is 10.0. The van der Waals surface area contributed by atoms with Crippen LogP contribution in [0.2, 0.25) is 0 Å². The quantitative estimate of drug-likeness (QED) is 0.524. The van der Waals surface area contributed by atoms with Gasteiger partial charge in [-0.05, 0) is 34.5 Å². The van der Waals surface area contributed by atoms with Crippen LogP contribution in [-0.2, 0) is 6.54 Å². The predicted molar refractivity (Wildman–Crippen MR) is 99.6 cm³/mol. The van der Waals surface area contributed by atoms with E-state index < -0.39 is 5.97 Å². The van der Waals surface area contributed by atoms with E-state index in [1.165, 1.54) is 0 Å². The molecular weight excluding hydrogens is 366 g/mol. The van der Waals surface area contributed by atoms with E-state index in [4.69, 9.17) is 0 Å². The van der Waals surface area contributed by atoms with Gasteiger partial charge in [0.2, 0.25) is 0 Å². The Bertz CT molecular complexity index is 1080. The Balaban J connectivity index is 1.93. The van der Waals surface area contributed by atoms with E-state index in [0.717, 1.165) is 31.7 Å². The Morgan fingerprint density at radius 1 is 0.958 bits per heavy atom. The van der Waals surface area contributed by atoms with E-state index in [1.807, 2.05) is 53.1 Å². The minimum absolute atomic E-state index is 0.309. The average molecular weight is 380 g/mol. The molecule has 118 valence electrons. The summed E-state index contributed by atoms with van der Waals surface area (Å²) < 4.78 is 2.91. The van der Waals surface area contributed by atoms with Crippen LogP contribution >= 0.6 is 15.9 Å². The number of rotatable bonds is 3. The highest BCUT2D eigenvalue weighted by atomic mass is 79.9. The largest absolute Gasteiger partial charge is 0.477 e. The third-order valence-electron chi connectivity index (χ3n) is 4.32. The maximum absolute atomic E-state index is 11.7. The number of carboxylic acids is 1. The summed E-state index contributed by atoms with van der Waals surface area (Å²) in [7, 11) is 0. The number of nitrogens with zero attached hydrogens (tertiary/aromatic N) is 1. The molecule has 1 heterocycles. The summed E-state index contributed by atoms with van der Waals surface area (Å²) in [5.41, 5.74) is 2.34. The van der Waals surface area contributed by atoms with E-state index in [1.54, 1.807) is 6.07 Å². The average Bonchev–Trinajstić information content (AvgIpc) is 2.97. The van der Waals surface area contributed by atoms with E-state index in [0.29, 0.717) is 12.2 Å². The van der Waals surface area contributed by atoms with Crippen LogP contribution in [0.3, 0.4) is 0 Å². The molecule has 0 unspecified atom stereocenters. The van der Waals surface area contributed by atoms with Gasteiger partial charge >= 0.3 is 5.97 Å². The SMILES string of the molecule is O=C(O)c1cc2ccccc2n1Cc1ccc(Br)c2ccccc12. The molecule has 0 saturated carbocycles. The standard InChI is InChI=1S/C20H14BrNO2/c21-17-10-9-14(15-6-2-3-7-16(15)17)12-22-18-8-4-1-5-13(18)11-19(22)20(23)24/h1-11H,12H2,(H,23,24). The number of hydrogen-bond acceptors (Lipinski definition) is 1. The van der Waals surface area contributed by atoms with Crippen molar-refractivity contribution >= 4 is 43.6 Å². The molecule has 0 radical (unpaired) electrons. The molecule has 0 atom stereocenters. The lowest BCUT2D eigenvalue weighted by Gasteiger charge is -2.12. The van der Waals surface area contributed by atoms with E-state index in [2.05, 4.69) is 28.1 Å². The van der Waals surface area contributed by atoms with Gasteiger partial charge in [-0.2, -0.15) is 0 Å². The molecule has 0 amide bonds. The number of para-hydroxylation sites is 1. The fourth-order valence-electron chi connectivity index (χ4n) is 3.19. The number of hydrogen-bond donors (Lipinski definition) is 1. The topological polar surface area (TPSA) is 42.2 Å². The van der Waals surface area contributed by atoms with E-state index >= 15 is 0 Å². The number of carboxylic acid groups (broad SMARTS) is 1. The summed E-state index contributed by atoms with van der Waals surface area (Å²) in [6.07, 6.45) is 0. The van der Waals surface area contributed by atoms with Crippen molar-refractivity contribution in [1.82, 2.24) is 4.57 Å². The molecule has 4 heteroatoms. The first kappa shape index (κ1) is 15.0. The third kappa shape index (κ3) is 2.39. The van der Waals surface area contributed by atoms with Gasteiger partial charge in [0.15, 0.2) is 0 Å². The summed E-state index contributed by atoms with van der Waals surface area (Å²) in [5.74, 6) is -0.910. The molecule has 24 heavy (non-hydrogen) atoms. The van der Waals surface area contributed by atoms with Crippen LogP contribution in [-0.4, -0.2) is 15.6 Å². The Kier molecular flexibility index (Phi) is 3.62. The van der Waals surface area contributed by atoms with Crippen molar-refractivity contribution in [2.75, 3.05) is 0 Å². The maximum atomic E-state index is 11.7. The van der Waals surface area contributed by atoms with Crippen molar-refractivity contribution in [2.24, 2.45) is 0 Å². The second-order valence-corrected chi connectivity index (χ2v) is 6.59. The van der Waals surface area contributed by atoms with Crippen molar-refractivity contribution in [3.63, 3.8) is 0 Å². The van der Waals surface area contributed by atoms with Gasteiger partial charge in [-0.15, -0.1) is 0 Å². The van der Waals surface area contributed by atoms with Gasteiger partial charge in [0.25, 0.3) is 0 Å². The molecule has 0 bridgehead atoms. The fraction of sp³-hybridized carbons (Fsp3) is 0.0500. The molecular formula is C20H14BrNO2. The van der Waals surface area contributed by atoms with Gasteiger partial charge in [0.1, 0.15) is 5.69 Å². The zero-order valence-electron chi connectivity index (χ0n) is 12.7. The Morgan fingerprint density at radius 3 is 2.46 bits per heavy atom. The molecule has 4 rings (SSSR count). The lowest BCUT2D eigenvalue weighted by molar-refractivity contribution is 0.0686. The monoisotopic (exact) mass is 379 g/mol. The maximum Gasteiger partial charge on any atom is 0.352 e. The number of aromatic nitrogens is 1. The Hall–Kier alpha value is -2.59. The van der Waals surface area contributed by atoms with Gasteiger partial charge in [-0.1, -0.05) is 64.5 Å². The number of halogens is 1. The molecule has 1 aromatic heterocycles. The second-order valence-electron chi connectivity index (χ2n) is 5.73. The van der Waals surface area contributed by atoms with Crippen LogP contribution in [0, 0.1) is 0 Å². The van der Waals surface area contributed by atoms with Crippen LogP contribution in [0.4, 0.5) is 0 Å². The highest BCUT2D eigenvalue weighted by Gasteiger charge is 2.15. The van der Waals surface area contributed by atoms with Crippen molar-refractivity contribution in [3.8, 4) is 0 Å². The Labute approximate surface area is 147 Å². The lowest BCUT2D eigenvalue weighted by Crippen LogP contribution is -2.09. The fourth-order valence-corrected chi connectivity index (χ4v) is 3.67. The number of carbonyl (C=O) groups is 1. The molecule has 3 nitrogen and oxygen atoms in total. The molecule has 0 aliphatic carbocycles. The predicted octanol–water partition coefficient (Wildman–Crippen LogP) is 5.30. The van der Waals surface area contributed by atoms with Crippen LogP contribution in [0.15, 0.2) is 71.2 Å². The molecule has 0 spiro atoms. The summed E-state index contributed by atoms with van der Waals surface area (Å²) in [6.45, 7) is 0.517. The highest BCUT2D eigenvalue weighted by molar-refractivity contribution is 9.10. The molecule has 0 aliphatic heterocycles. The molecule has 0 saturated heterocycles.